The molecule has 0 aromatic heterocycles. The van der Waals surface area contributed by atoms with Crippen LogP contribution in [0.5, 0.6) is 0 Å². The number of nitrogens with one attached hydrogen (secondary N) is 1. The molecule has 1 aliphatic carbocycles. The van der Waals surface area contributed by atoms with Crippen molar-refractivity contribution in [2.24, 2.45) is 0 Å². The molecule has 0 radical (unpaired) electrons. The van der Waals surface area contributed by atoms with Gasteiger partial charge in [0.15, 0.2) is 0 Å². The number of sulfonamides is 1. The van der Waals surface area contributed by atoms with E-state index in [0.717, 1.165) is 36.2 Å². The first-order valence-electron chi connectivity index (χ1n) is 9.77. The van der Waals surface area contributed by atoms with Gasteiger partial charge >= 0.3 is 0 Å². The van der Waals surface area contributed by atoms with Crippen molar-refractivity contribution in [2.75, 3.05) is 31.2 Å². The third-order valence-electron chi connectivity index (χ3n) is 4.97. The van der Waals surface area contributed by atoms with Gasteiger partial charge in [-0.1, -0.05) is 32.1 Å². The average molecular weight is 410 g/mol. The molecule has 8 heteroatoms. The van der Waals surface area contributed by atoms with Gasteiger partial charge in [0.05, 0.1) is 11.9 Å². The molecule has 0 atom stereocenters. The van der Waals surface area contributed by atoms with Gasteiger partial charge in [-0.15, -0.1) is 0 Å². The van der Waals surface area contributed by atoms with Gasteiger partial charge in [-0.25, -0.2) is 8.42 Å². The number of nitrogens with zero attached hydrogens (tertiary/aromatic N) is 2. The molecule has 7 nitrogen and oxygen atoms in total. The van der Waals surface area contributed by atoms with E-state index in [1.807, 2.05) is 0 Å². The van der Waals surface area contributed by atoms with Crippen LogP contribution in [-0.4, -0.2) is 58.1 Å². The summed E-state index contributed by atoms with van der Waals surface area (Å²) in [4.78, 5) is 26.0. The van der Waals surface area contributed by atoms with Crippen molar-refractivity contribution in [1.29, 1.82) is 0 Å². The summed E-state index contributed by atoms with van der Waals surface area (Å²) < 4.78 is 25.6. The van der Waals surface area contributed by atoms with E-state index >= 15 is 0 Å². The molecule has 156 valence electrons. The molecule has 0 spiro atoms. The molecule has 1 aromatic rings. The van der Waals surface area contributed by atoms with Gasteiger partial charge in [-0.05, 0) is 37.1 Å². The second-order valence-electron chi connectivity index (χ2n) is 7.63. The Balaban J connectivity index is 2.09. The average Bonchev–Trinajstić information content (AvgIpc) is 2.60. The number of carbonyl (C=O) groups is 2. The van der Waals surface area contributed by atoms with Crippen LogP contribution in [-0.2, 0) is 14.8 Å². The third kappa shape index (κ3) is 6.51. The van der Waals surface area contributed by atoms with Crippen molar-refractivity contribution in [3.8, 4) is 0 Å². The van der Waals surface area contributed by atoms with Gasteiger partial charge < -0.3 is 10.2 Å². The zero-order valence-corrected chi connectivity index (χ0v) is 17.8. The van der Waals surface area contributed by atoms with Crippen molar-refractivity contribution in [3.05, 3.63) is 29.8 Å². The Hall–Kier alpha value is -2.09. The van der Waals surface area contributed by atoms with Gasteiger partial charge in [-0.2, -0.15) is 0 Å². The minimum atomic E-state index is -3.64. The lowest BCUT2D eigenvalue weighted by molar-refractivity contribution is -0.120. The Morgan fingerprint density at radius 2 is 1.54 bits per heavy atom. The second kappa shape index (κ2) is 9.91. The predicted octanol–water partition coefficient (Wildman–Crippen LogP) is 2.38. The van der Waals surface area contributed by atoms with Crippen LogP contribution in [0.2, 0.25) is 0 Å². The van der Waals surface area contributed by atoms with E-state index in [2.05, 4.69) is 5.32 Å². The van der Waals surface area contributed by atoms with Crippen LogP contribution in [0.3, 0.4) is 0 Å². The lowest BCUT2D eigenvalue weighted by Crippen LogP contribution is -2.44. The Labute approximate surface area is 168 Å². The number of hydrogen-bond donors (Lipinski definition) is 1. The van der Waals surface area contributed by atoms with Crippen molar-refractivity contribution in [2.45, 2.75) is 51.0 Å². The maximum atomic E-state index is 12.5. The van der Waals surface area contributed by atoms with Gasteiger partial charge in [0.1, 0.15) is 6.54 Å². The van der Waals surface area contributed by atoms with Gasteiger partial charge in [0.2, 0.25) is 15.9 Å². The summed E-state index contributed by atoms with van der Waals surface area (Å²) in [7, 11) is -0.336. The molecule has 0 aliphatic heterocycles. The Kier molecular flexibility index (Phi) is 7.86. The number of anilines is 1. The monoisotopic (exact) mass is 409 g/mol. The van der Waals surface area contributed by atoms with Crippen molar-refractivity contribution < 1.29 is 18.0 Å². The molecular formula is C20H31N3O4S. The SMILES string of the molecule is CN(C)C(=O)c1ccc(N(CC(=O)NC2CCCCCCC2)S(C)(=O)=O)cc1. The number of amides is 2. The predicted molar refractivity (Wildman–Crippen MR) is 111 cm³/mol. The van der Waals surface area contributed by atoms with E-state index in [0.29, 0.717) is 11.3 Å². The highest BCUT2D eigenvalue weighted by molar-refractivity contribution is 7.92. The number of rotatable bonds is 6. The van der Waals surface area contributed by atoms with E-state index < -0.39 is 10.0 Å². The maximum absolute atomic E-state index is 12.5. The van der Waals surface area contributed by atoms with Crippen LogP contribution >= 0.6 is 0 Å². The van der Waals surface area contributed by atoms with Crippen molar-refractivity contribution in [1.82, 2.24) is 10.2 Å². The Morgan fingerprint density at radius 3 is 2.04 bits per heavy atom. The highest BCUT2D eigenvalue weighted by Gasteiger charge is 2.23. The third-order valence-corrected chi connectivity index (χ3v) is 6.11. The zero-order valence-electron chi connectivity index (χ0n) is 17.0. The van der Waals surface area contributed by atoms with E-state index in [4.69, 9.17) is 0 Å². The molecule has 0 unspecified atom stereocenters. The highest BCUT2D eigenvalue weighted by Crippen LogP contribution is 2.20. The number of benzene rings is 1. The molecule has 1 aliphatic rings. The first-order valence-corrected chi connectivity index (χ1v) is 11.6. The fraction of sp³-hybridized carbons (Fsp3) is 0.600. The summed E-state index contributed by atoms with van der Waals surface area (Å²) >= 11 is 0. The molecule has 1 aromatic carbocycles. The zero-order chi connectivity index (χ0) is 20.7. The van der Waals surface area contributed by atoms with Gasteiger partial charge in [0, 0.05) is 25.7 Å². The van der Waals surface area contributed by atoms with Gasteiger partial charge in [-0.3, -0.25) is 13.9 Å². The van der Waals surface area contributed by atoms with Crippen LogP contribution in [0, 0.1) is 0 Å². The summed E-state index contributed by atoms with van der Waals surface area (Å²) in [5.74, 6) is -0.469. The Morgan fingerprint density at radius 1 is 1.00 bits per heavy atom. The summed E-state index contributed by atoms with van der Waals surface area (Å²) in [6, 6.07) is 6.36. The first-order chi connectivity index (χ1) is 13.2. The van der Waals surface area contributed by atoms with Crippen LogP contribution in [0.15, 0.2) is 24.3 Å². The van der Waals surface area contributed by atoms with E-state index in [1.54, 1.807) is 38.4 Å². The highest BCUT2D eigenvalue weighted by atomic mass is 32.2. The molecule has 2 amide bonds. The van der Waals surface area contributed by atoms with Crippen LogP contribution in [0.4, 0.5) is 5.69 Å². The second-order valence-corrected chi connectivity index (χ2v) is 9.53. The minimum Gasteiger partial charge on any atom is -0.352 e. The lowest BCUT2D eigenvalue weighted by Gasteiger charge is -2.25. The fourth-order valence-corrected chi connectivity index (χ4v) is 4.29. The van der Waals surface area contributed by atoms with Crippen LogP contribution < -0.4 is 9.62 Å². The number of carbonyl (C=O) groups excluding carboxylic acids is 2. The summed E-state index contributed by atoms with van der Waals surface area (Å²) in [6.45, 7) is -0.268. The molecule has 0 saturated heterocycles. The van der Waals surface area contributed by atoms with E-state index in [-0.39, 0.29) is 24.4 Å². The van der Waals surface area contributed by atoms with Crippen LogP contribution in [0.1, 0.15) is 55.3 Å². The lowest BCUT2D eigenvalue weighted by atomic mass is 9.97. The Bertz CT molecular complexity index is 767. The fourth-order valence-electron chi connectivity index (χ4n) is 3.43. The molecule has 0 bridgehead atoms. The first kappa shape index (κ1) is 22.2. The summed E-state index contributed by atoms with van der Waals surface area (Å²) in [5.41, 5.74) is 0.826. The molecule has 0 heterocycles. The normalized spacial score (nSPS) is 16.0. The van der Waals surface area contributed by atoms with Crippen LogP contribution in [0.25, 0.3) is 0 Å². The largest absolute Gasteiger partial charge is 0.352 e. The maximum Gasteiger partial charge on any atom is 0.253 e. The summed E-state index contributed by atoms with van der Waals surface area (Å²) in [6.07, 6.45) is 8.73. The van der Waals surface area contributed by atoms with E-state index in [9.17, 15) is 18.0 Å². The van der Waals surface area contributed by atoms with Gasteiger partial charge in [0.25, 0.3) is 5.91 Å². The number of hydrogen-bond acceptors (Lipinski definition) is 4. The smallest absolute Gasteiger partial charge is 0.253 e. The molecule has 1 N–H and O–H groups in total. The topological polar surface area (TPSA) is 86.8 Å². The minimum absolute atomic E-state index is 0.106. The molecule has 2 rings (SSSR count). The van der Waals surface area contributed by atoms with Crippen molar-refractivity contribution >= 4 is 27.5 Å². The molecular weight excluding hydrogens is 378 g/mol. The standard InChI is InChI=1S/C20H31N3O4S/c1-22(2)20(25)16-11-13-18(14-12-16)23(28(3,26)27)15-19(24)21-17-9-7-5-4-6-8-10-17/h11-14,17H,4-10,15H2,1-3H3,(H,21,24). The summed E-state index contributed by atoms with van der Waals surface area (Å²) in [5, 5.41) is 3.00. The molecule has 1 saturated carbocycles. The van der Waals surface area contributed by atoms with Crippen molar-refractivity contribution in [3.63, 3.8) is 0 Å². The van der Waals surface area contributed by atoms with E-state index in [1.165, 1.54) is 24.2 Å². The molecule has 1 fully saturated rings. The quantitative estimate of drug-likeness (QED) is 0.782. The molecule has 28 heavy (non-hydrogen) atoms.